The van der Waals surface area contributed by atoms with Crippen molar-refractivity contribution in [3.05, 3.63) is 24.2 Å². The number of carbonyl (C=O) groups excluding carboxylic acids is 3. The first-order valence-electron chi connectivity index (χ1n) is 8.98. The summed E-state index contributed by atoms with van der Waals surface area (Å²) in [7, 11) is 0. The number of amides is 3. The lowest BCUT2D eigenvalue weighted by Crippen LogP contribution is -2.54. The van der Waals surface area contributed by atoms with Gasteiger partial charge in [0.1, 0.15) is 0 Å². The predicted molar refractivity (Wildman–Crippen MR) is 93.5 cm³/mol. The highest BCUT2D eigenvalue weighted by molar-refractivity contribution is 6.35. The van der Waals surface area contributed by atoms with Gasteiger partial charge in [-0.15, -0.1) is 0 Å². The number of nitrogens with zero attached hydrogens (tertiary/aromatic N) is 3. The fourth-order valence-corrected chi connectivity index (χ4v) is 3.15. The van der Waals surface area contributed by atoms with Crippen LogP contribution in [-0.2, 0) is 9.59 Å². The minimum Gasteiger partial charge on any atom is -0.459 e. The Morgan fingerprint density at radius 3 is 2.38 bits per heavy atom. The van der Waals surface area contributed by atoms with Crippen LogP contribution in [-0.4, -0.2) is 97.9 Å². The van der Waals surface area contributed by atoms with E-state index >= 15 is 0 Å². The molecule has 9 nitrogen and oxygen atoms in total. The van der Waals surface area contributed by atoms with Gasteiger partial charge in [-0.3, -0.25) is 19.3 Å². The van der Waals surface area contributed by atoms with Crippen molar-refractivity contribution in [3.8, 4) is 0 Å². The van der Waals surface area contributed by atoms with Crippen molar-refractivity contribution in [2.24, 2.45) is 0 Å². The van der Waals surface area contributed by atoms with Gasteiger partial charge in [0.25, 0.3) is 5.91 Å². The molecule has 142 valence electrons. The number of rotatable bonds is 4. The lowest BCUT2D eigenvalue weighted by atomic mass is 10.2. The smallest absolute Gasteiger partial charge is 0.312 e. The van der Waals surface area contributed by atoms with Gasteiger partial charge in [0, 0.05) is 65.4 Å². The van der Waals surface area contributed by atoms with E-state index in [4.69, 9.17) is 4.42 Å². The van der Waals surface area contributed by atoms with Crippen LogP contribution >= 0.6 is 0 Å². The Balaban J connectivity index is 1.38. The average molecular weight is 363 g/mol. The number of furan rings is 1. The van der Waals surface area contributed by atoms with E-state index in [1.807, 2.05) is 0 Å². The van der Waals surface area contributed by atoms with Crippen molar-refractivity contribution in [2.75, 3.05) is 65.4 Å². The molecule has 2 aliphatic heterocycles. The molecule has 3 rings (SSSR count). The summed E-state index contributed by atoms with van der Waals surface area (Å²) in [5, 5.41) is 5.97. The zero-order valence-electron chi connectivity index (χ0n) is 14.8. The van der Waals surface area contributed by atoms with Gasteiger partial charge in [-0.25, -0.2) is 0 Å². The summed E-state index contributed by atoms with van der Waals surface area (Å²) in [6.45, 7) is 6.48. The molecule has 0 atom stereocenters. The third kappa shape index (κ3) is 4.61. The third-order valence-electron chi connectivity index (χ3n) is 4.70. The van der Waals surface area contributed by atoms with E-state index in [1.54, 1.807) is 17.0 Å². The minimum atomic E-state index is -0.578. The number of hydrogen-bond donors (Lipinski definition) is 2. The lowest BCUT2D eigenvalue weighted by Gasteiger charge is -2.34. The van der Waals surface area contributed by atoms with Gasteiger partial charge in [-0.2, -0.15) is 0 Å². The maximum atomic E-state index is 12.3. The molecule has 3 heterocycles. The zero-order chi connectivity index (χ0) is 18.4. The Kier molecular flexibility index (Phi) is 6.24. The topological polar surface area (TPSA) is 98.1 Å². The average Bonchev–Trinajstić information content (AvgIpc) is 3.22. The predicted octanol–water partition coefficient (Wildman–Crippen LogP) is -1.41. The summed E-state index contributed by atoms with van der Waals surface area (Å²) in [5.41, 5.74) is 0. The molecule has 2 fully saturated rings. The van der Waals surface area contributed by atoms with Crippen LogP contribution in [0.1, 0.15) is 10.6 Å². The molecule has 0 spiro atoms. The molecule has 3 amide bonds. The van der Waals surface area contributed by atoms with Crippen molar-refractivity contribution in [1.29, 1.82) is 0 Å². The van der Waals surface area contributed by atoms with Crippen LogP contribution in [0.4, 0.5) is 0 Å². The molecule has 0 aromatic carbocycles. The van der Waals surface area contributed by atoms with E-state index < -0.39 is 11.8 Å². The standard InChI is InChI=1S/C17H25N5O4/c23-15(19-5-8-20-6-3-18-4-7-20)17(25)22-11-9-21(10-12-22)16(24)14-2-1-13-26-14/h1-2,13,18H,3-12H2,(H,19,23). The molecule has 0 saturated carbocycles. The second kappa shape index (κ2) is 8.81. The van der Waals surface area contributed by atoms with E-state index in [9.17, 15) is 14.4 Å². The molecule has 0 radical (unpaired) electrons. The van der Waals surface area contributed by atoms with Crippen molar-refractivity contribution < 1.29 is 18.8 Å². The molecule has 2 aliphatic rings. The highest BCUT2D eigenvalue weighted by Crippen LogP contribution is 2.09. The molecule has 26 heavy (non-hydrogen) atoms. The molecular weight excluding hydrogens is 338 g/mol. The maximum absolute atomic E-state index is 12.3. The van der Waals surface area contributed by atoms with Crippen molar-refractivity contribution in [3.63, 3.8) is 0 Å². The van der Waals surface area contributed by atoms with Crippen LogP contribution in [0.2, 0.25) is 0 Å². The van der Waals surface area contributed by atoms with Crippen molar-refractivity contribution in [1.82, 2.24) is 25.3 Å². The quantitative estimate of drug-likeness (QED) is 0.638. The van der Waals surface area contributed by atoms with Crippen LogP contribution in [0.25, 0.3) is 0 Å². The van der Waals surface area contributed by atoms with E-state index in [0.29, 0.717) is 32.7 Å². The van der Waals surface area contributed by atoms with E-state index in [2.05, 4.69) is 15.5 Å². The second-order valence-electron chi connectivity index (χ2n) is 6.41. The first kappa shape index (κ1) is 18.4. The Bertz CT molecular complexity index is 619. The Hall–Kier alpha value is -2.39. The number of hydrogen-bond acceptors (Lipinski definition) is 6. The van der Waals surface area contributed by atoms with Gasteiger partial charge in [-0.1, -0.05) is 0 Å². The SMILES string of the molecule is O=C(NCCN1CCNCC1)C(=O)N1CCN(C(=O)c2ccco2)CC1. The highest BCUT2D eigenvalue weighted by atomic mass is 16.3. The Morgan fingerprint density at radius 1 is 1.04 bits per heavy atom. The van der Waals surface area contributed by atoms with Gasteiger partial charge >= 0.3 is 11.8 Å². The maximum Gasteiger partial charge on any atom is 0.312 e. The summed E-state index contributed by atoms with van der Waals surface area (Å²) < 4.78 is 5.11. The van der Waals surface area contributed by atoms with Gasteiger partial charge in [0.2, 0.25) is 0 Å². The summed E-state index contributed by atoms with van der Waals surface area (Å²) in [4.78, 5) is 41.9. The van der Waals surface area contributed by atoms with Crippen molar-refractivity contribution in [2.45, 2.75) is 0 Å². The molecule has 0 aliphatic carbocycles. The Morgan fingerprint density at radius 2 is 1.73 bits per heavy atom. The number of nitrogens with one attached hydrogen (secondary N) is 2. The largest absolute Gasteiger partial charge is 0.459 e. The van der Waals surface area contributed by atoms with Gasteiger partial charge in [0.15, 0.2) is 5.76 Å². The fourth-order valence-electron chi connectivity index (χ4n) is 3.15. The van der Waals surface area contributed by atoms with Crippen LogP contribution < -0.4 is 10.6 Å². The molecule has 0 unspecified atom stereocenters. The van der Waals surface area contributed by atoms with Crippen LogP contribution in [0.15, 0.2) is 22.8 Å². The van der Waals surface area contributed by atoms with Gasteiger partial charge in [-0.05, 0) is 12.1 Å². The second-order valence-corrected chi connectivity index (χ2v) is 6.41. The highest BCUT2D eigenvalue weighted by Gasteiger charge is 2.28. The van der Waals surface area contributed by atoms with Gasteiger partial charge in [0.05, 0.1) is 6.26 Å². The first-order valence-corrected chi connectivity index (χ1v) is 8.98. The van der Waals surface area contributed by atoms with Crippen molar-refractivity contribution >= 4 is 17.7 Å². The molecule has 2 N–H and O–H groups in total. The normalized spacial score (nSPS) is 18.6. The zero-order valence-corrected chi connectivity index (χ0v) is 14.8. The van der Waals surface area contributed by atoms with Gasteiger partial charge < -0.3 is 24.9 Å². The Labute approximate surface area is 152 Å². The summed E-state index contributed by atoms with van der Waals surface area (Å²) in [5.74, 6) is -1.01. The number of carbonyl (C=O) groups is 3. The van der Waals surface area contributed by atoms with E-state index in [0.717, 1.165) is 32.7 Å². The number of piperazine rings is 2. The van der Waals surface area contributed by atoms with Crippen LogP contribution in [0.3, 0.4) is 0 Å². The molecule has 1 aromatic heterocycles. The molecular formula is C17H25N5O4. The van der Waals surface area contributed by atoms with Crippen LogP contribution in [0, 0.1) is 0 Å². The molecule has 1 aromatic rings. The minimum absolute atomic E-state index is 0.192. The van der Waals surface area contributed by atoms with E-state index in [-0.39, 0.29) is 11.7 Å². The summed E-state index contributed by atoms with van der Waals surface area (Å²) in [6.07, 6.45) is 1.46. The van der Waals surface area contributed by atoms with Crippen LogP contribution in [0.5, 0.6) is 0 Å². The molecule has 9 heteroatoms. The fraction of sp³-hybridized carbons (Fsp3) is 0.588. The molecule has 0 bridgehead atoms. The van der Waals surface area contributed by atoms with E-state index in [1.165, 1.54) is 11.2 Å². The summed E-state index contributed by atoms with van der Waals surface area (Å²) >= 11 is 0. The third-order valence-corrected chi connectivity index (χ3v) is 4.70. The summed E-state index contributed by atoms with van der Waals surface area (Å²) in [6, 6.07) is 3.28. The molecule has 2 saturated heterocycles. The first-order chi connectivity index (χ1) is 12.6. The lowest BCUT2D eigenvalue weighted by molar-refractivity contribution is -0.146. The monoisotopic (exact) mass is 363 g/mol.